The molecule has 0 radical (unpaired) electrons. The Hall–Kier alpha value is -0.0800. The van der Waals surface area contributed by atoms with Crippen LogP contribution >= 0.6 is 0 Å². The first-order valence-electron chi connectivity index (χ1n) is 5.15. The highest BCUT2D eigenvalue weighted by molar-refractivity contribution is 4.67. The summed E-state index contributed by atoms with van der Waals surface area (Å²) >= 11 is 0. The maximum absolute atomic E-state index is 9.60. The highest BCUT2D eigenvalue weighted by atomic mass is 16.5. The summed E-state index contributed by atoms with van der Waals surface area (Å²) in [6, 6.07) is 0. The van der Waals surface area contributed by atoms with Gasteiger partial charge in [0.1, 0.15) is 0 Å². The van der Waals surface area contributed by atoms with Gasteiger partial charge in [0.2, 0.25) is 0 Å². The van der Waals surface area contributed by atoms with Gasteiger partial charge in [0.25, 0.3) is 0 Å². The second-order valence-electron chi connectivity index (χ2n) is 4.97. The number of rotatable bonds is 5. The lowest BCUT2D eigenvalue weighted by Crippen LogP contribution is -2.24. The summed E-state index contributed by atoms with van der Waals surface area (Å²) in [5.74, 6) is 0. The second kappa shape index (κ2) is 5.61. The van der Waals surface area contributed by atoms with E-state index < -0.39 is 0 Å². The number of hydrogen-bond donors (Lipinski definition) is 1. The van der Waals surface area contributed by atoms with Crippen LogP contribution in [0.2, 0.25) is 0 Å². The van der Waals surface area contributed by atoms with Crippen LogP contribution in [-0.2, 0) is 4.74 Å². The molecule has 0 aliphatic rings. The number of ether oxygens (including phenoxy) is 1. The largest absolute Gasteiger partial charge is 0.391 e. The molecule has 0 amide bonds. The monoisotopic (exact) mass is 188 g/mol. The van der Waals surface area contributed by atoms with Crippen molar-refractivity contribution >= 4 is 0 Å². The molecule has 0 fully saturated rings. The van der Waals surface area contributed by atoms with Gasteiger partial charge in [-0.15, -0.1) is 0 Å². The first-order chi connectivity index (χ1) is 5.85. The van der Waals surface area contributed by atoms with Crippen LogP contribution in [-0.4, -0.2) is 23.9 Å². The molecule has 2 heteroatoms. The highest BCUT2D eigenvalue weighted by Gasteiger charge is 2.17. The number of aliphatic hydroxyl groups excluding tert-OH is 1. The summed E-state index contributed by atoms with van der Waals surface area (Å²) in [5.41, 5.74) is 0.179. The Kier molecular flexibility index (Phi) is 5.57. The summed E-state index contributed by atoms with van der Waals surface area (Å²) in [7, 11) is 0. The summed E-state index contributed by atoms with van der Waals surface area (Å²) in [6.45, 7) is 11.0. The molecule has 1 N–H and O–H groups in total. The predicted octanol–water partition coefficient (Wildman–Crippen LogP) is 2.60. The van der Waals surface area contributed by atoms with Crippen molar-refractivity contribution in [1.82, 2.24) is 0 Å². The normalized spacial score (nSPS) is 17.1. The Morgan fingerprint density at radius 2 is 1.85 bits per heavy atom. The Bertz CT molecular complexity index is 127. The van der Waals surface area contributed by atoms with Gasteiger partial charge in [0.15, 0.2) is 0 Å². The van der Waals surface area contributed by atoms with Gasteiger partial charge < -0.3 is 9.84 Å². The van der Waals surface area contributed by atoms with Crippen molar-refractivity contribution in [2.75, 3.05) is 6.61 Å². The number of aliphatic hydroxyl groups is 1. The topological polar surface area (TPSA) is 29.5 Å². The standard InChI is InChI=1S/C11H24O2/c1-6-9(2)13-8-10(12)7-11(3,4)5/h9-10,12H,6-8H2,1-5H3. The average molecular weight is 188 g/mol. The quantitative estimate of drug-likeness (QED) is 0.718. The zero-order valence-corrected chi connectivity index (χ0v) is 9.63. The fourth-order valence-electron chi connectivity index (χ4n) is 1.16. The Balaban J connectivity index is 3.57. The molecule has 0 aliphatic carbocycles. The molecule has 13 heavy (non-hydrogen) atoms. The average Bonchev–Trinajstić information content (AvgIpc) is 1.97. The van der Waals surface area contributed by atoms with Crippen LogP contribution < -0.4 is 0 Å². The maximum atomic E-state index is 9.60. The molecule has 0 saturated carbocycles. The van der Waals surface area contributed by atoms with E-state index >= 15 is 0 Å². The van der Waals surface area contributed by atoms with Crippen molar-refractivity contribution in [3.05, 3.63) is 0 Å². The fourth-order valence-corrected chi connectivity index (χ4v) is 1.16. The third kappa shape index (κ3) is 8.26. The van der Waals surface area contributed by atoms with Crippen molar-refractivity contribution in [2.24, 2.45) is 5.41 Å². The predicted molar refractivity (Wildman–Crippen MR) is 55.8 cm³/mol. The first kappa shape index (κ1) is 12.9. The summed E-state index contributed by atoms with van der Waals surface area (Å²) in [6.07, 6.45) is 1.73. The minimum atomic E-state index is -0.325. The van der Waals surface area contributed by atoms with Crippen molar-refractivity contribution in [3.8, 4) is 0 Å². The molecule has 0 aliphatic heterocycles. The van der Waals surface area contributed by atoms with E-state index in [9.17, 15) is 5.11 Å². The van der Waals surface area contributed by atoms with E-state index in [-0.39, 0.29) is 17.6 Å². The molecule has 2 nitrogen and oxygen atoms in total. The SMILES string of the molecule is CCC(C)OCC(O)CC(C)(C)C. The van der Waals surface area contributed by atoms with Crippen LogP contribution in [0.3, 0.4) is 0 Å². The maximum Gasteiger partial charge on any atom is 0.0778 e. The molecule has 2 unspecified atom stereocenters. The highest BCUT2D eigenvalue weighted by Crippen LogP contribution is 2.20. The van der Waals surface area contributed by atoms with E-state index in [0.717, 1.165) is 12.8 Å². The minimum Gasteiger partial charge on any atom is -0.391 e. The Morgan fingerprint density at radius 1 is 1.31 bits per heavy atom. The lowest BCUT2D eigenvalue weighted by molar-refractivity contribution is -0.0168. The van der Waals surface area contributed by atoms with Gasteiger partial charge in [-0.3, -0.25) is 0 Å². The molecular formula is C11H24O2. The molecule has 0 bridgehead atoms. The van der Waals surface area contributed by atoms with Crippen molar-refractivity contribution < 1.29 is 9.84 Å². The van der Waals surface area contributed by atoms with Crippen LogP contribution in [0.4, 0.5) is 0 Å². The van der Waals surface area contributed by atoms with Gasteiger partial charge in [0, 0.05) is 0 Å². The molecule has 2 atom stereocenters. The van der Waals surface area contributed by atoms with Crippen LogP contribution in [0.15, 0.2) is 0 Å². The molecule has 0 heterocycles. The first-order valence-corrected chi connectivity index (χ1v) is 5.15. The molecule has 0 aromatic heterocycles. The van der Waals surface area contributed by atoms with Gasteiger partial charge in [-0.25, -0.2) is 0 Å². The summed E-state index contributed by atoms with van der Waals surface area (Å²) in [4.78, 5) is 0. The van der Waals surface area contributed by atoms with Gasteiger partial charge in [-0.2, -0.15) is 0 Å². The van der Waals surface area contributed by atoms with Crippen LogP contribution in [0, 0.1) is 5.41 Å². The molecular weight excluding hydrogens is 164 g/mol. The van der Waals surface area contributed by atoms with E-state index in [4.69, 9.17) is 4.74 Å². The fraction of sp³-hybridized carbons (Fsp3) is 1.00. The van der Waals surface area contributed by atoms with E-state index in [2.05, 4.69) is 27.7 Å². The van der Waals surface area contributed by atoms with Gasteiger partial charge in [-0.05, 0) is 25.2 Å². The zero-order chi connectivity index (χ0) is 10.5. The van der Waals surface area contributed by atoms with Crippen LogP contribution in [0.1, 0.15) is 47.5 Å². The molecule has 0 aromatic carbocycles. The lowest BCUT2D eigenvalue weighted by atomic mass is 9.89. The van der Waals surface area contributed by atoms with Crippen LogP contribution in [0.25, 0.3) is 0 Å². The molecule has 80 valence electrons. The van der Waals surface area contributed by atoms with E-state index in [1.807, 2.05) is 6.92 Å². The van der Waals surface area contributed by atoms with Crippen molar-refractivity contribution in [1.29, 1.82) is 0 Å². The molecule has 0 aromatic rings. The van der Waals surface area contributed by atoms with Gasteiger partial charge in [0.05, 0.1) is 18.8 Å². The van der Waals surface area contributed by atoms with E-state index in [1.54, 1.807) is 0 Å². The smallest absolute Gasteiger partial charge is 0.0778 e. The van der Waals surface area contributed by atoms with Crippen molar-refractivity contribution in [2.45, 2.75) is 59.7 Å². The lowest BCUT2D eigenvalue weighted by Gasteiger charge is -2.23. The van der Waals surface area contributed by atoms with E-state index in [0.29, 0.717) is 6.61 Å². The van der Waals surface area contributed by atoms with Gasteiger partial charge in [-0.1, -0.05) is 27.7 Å². The Morgan fingerprint density at radius 3 is 2.23 bits per heavy atom. The van der Waals surface area contributed by atoms with E-state index in [1.165, 1.54) is 0 Å². The third-order valence-electron chi connectivity index (χ3n) is 2.00. The molecule has 0 saturated heterocycles. The molecule has 0 rings (SSSR count). The Labute approximate surface area is 82.3 Å². The summed E-state index contributed by atoms with van der Waals surface area (Å²) < 4.78 is 5.45. The molecule has 0 spiro atoms. The third-order valence-corrected chi connectivity index (χ3v) is 2.00. The minimum absolute atomic E-state index is 0.179. The van der Waals surface area contributed by atoms with Gasteiger partial charge >= 0.3 is 0 Å². The number of hydrogen-bond acceptors (Lipinski definition) is 2. The zero-order valence-electron chi connectivity index (χ0n) is 9.63. The summed E-state index contributed by atoms with van der Waals surface area (Å²) in [5, 5.41) is 9.60. The van der Waals surface area contributed by atoms with Crippen molar-refractivity contribution in [3.63, 3.8) is 0 Å². The van der Waals surface area contributed by atoms with Crippen LogP contribution in [0.5, 0.6) is 0 Å². The second-order valence-corrected chi connectivity index (χ2v) is 4.97.